The Bertz CT molecular complexity index is 892. The summed E-state index contributed by atoms with van der Waals surface area (Å²) in [6, 6.07) is 1.74. The molecular formula is C20H25F3N2O5. The molecule has 2 N–H and O–H groups in total. The summed E-state index contributed by atoms with van der Waals surface area (Å²) in [5.74, 6) is -1.39. The molecule has 1 unspecified atom stereocenters. The highest BCUT2D eigenvalue weighted by molar-refractivity contribution is 5.85. The Morgan fingerprint density at radius 2 is 2.00 bits per heavy atom. The molecule has 2 rings (SSSR count). The van der Waals surface area contributed by atoms with E-state index >= 15 is 0 Å². The van der Waals surface area contributed by atoms with Crippen molar-refractivity contribution in [3.63, 3.8) is 0 Å². The van der Waals surface area contributed by atoms with Crippen LogP contribution in [-0.2, 0) is 22.2 Å². The van der Waals surface area contributed by atoms with Crippen LogP contribution in [0.15, 0.2) is 16.7 Å². The number of hydrogen-bond donors (Lipinski definition) is 2. The first-order valence-electron chi connectivity index (χ1n) is 9.69. The zero-order valence-electron chi connectivity index (χ0n) is 17.0. The number of ether oxygens (including phenoxy) is 1. The topological polar surface area (TPSA) is 102 Å². The van der Waals surface area contributed by atoms with E-state index in [4.69, 9.17) is 14.4 Å². The first-order valence-corrected chi connectivity index (χ1v) is 9.69. The average Bonchev–Trinajstić information content (AvgIpc) is 3.09. The molecule has 0 radical (unpaired) electrons. The monoisotopic (exact) mass is 430 g/mol. The van der Waals surface area contributed by atoms with Crippen LogP contribution in [-0.4, -0.2) is 34.8 Å². The van der Waals surface area contributed by atoms with Gasteiger partial charge < -0.3 is 19.7 Å². The molecule has 1 atom stereocenters. The van der Waals surface area contributed by atoms with Crippen molar-refractivity contribution < 1.29 is 37.1 Å². The predicted octanol–water partition coefficient (Wildman–Crippen LogP) is 4.18. The number of hydrogen-bond acceptors (Lipinski definition) is 5. The lowest BCUT2D eigenvalue weighted by Crippen LogP contribution is -2.44. The van der Waals surface area contributed by atoms with E-state index in [1.165, 1.54) is 12.1 Å². The number of carbonyl (C=O) groups is 2. The highest BCUT2D eigenvalue weighted by atomic mass is 19.4. The van der Waals surface area contributed by atoms with Crippen LogP contribution in [0.2, 0.25) is 0 Å². The third-order valence-electron chi connectivity index (χ3n) is 4.52. The van der Waals surface area contributed by atoms with Crippen LogP contribution in [0.25, 0.3) is 11.0 Å². The fourth-order valence-electron chi connectivity index (χ4n) is 3.04. The quantitative estimate of drug-likeness (QED) is 0.548. The van der Waals surface area contributed by atoms with Gasteiger partial charge >= 0.3 is 12.1 Å². The number of carbonyl (C=O) groups excluding carboxylic acids is 1. The minimum Gasteiger partial charge on any atom is -0.493 e. The number of alkyl halides is 3. The zero-order valence-corrected chi connectivity index (χ0v) is 17.0. The van der Waals surface area contributed by atoms with Crippen LogP contribution >= 0.6 is 0 Å². The average molecular weight is 430 g/mol. The van der Waals surface area contributed by atoms with E-state index in [1.807, 2.05) is 6.92 Å². The standard InChI is InChI=1S/C20H25F3N2O5/c1-4-6-12-14(9-8-13-17(12)30-25-18(13)20(21,22)23)29-10-5-7-15(26)24-16(11(2)3)19(27)28/h8-9,11,16H,4-7,10H2,1-3H3,(H,24,26)(H,27,28). The summed E-state index contributed by atoms with van der Waals surface area (Å²) >= 11 is 0. The molecule has 0 aliphatic carbocycles. The molecule has 1 aromatic heterocycles. The van der Waals surface area contributed by atoms with Crippen molar-refractivity contribution in [2.45, 2.75) is 58.7 Å². The minimum absolute atomic E-state index is 0.0423. The van der Waals surface area contributed by atoms with Gasteiger partial charge in [0.05, 0.1) is 12.0 Å². The van der Waals surface area contributed by atoms with E-state index in [2.05, 4.69) is 10.5 Å². The molecule has 0 saturated heterocycles. The molecule has 7 nitrogen and oxygen atoms in total. The molecule has 166 valence electrons. The Balaban J connectivity index is 2.03. The summed E-state index contributed by atoms with van der Waals surface area (Å²) in [6.45, 7) is 5.40. The fraction of sp³-hybridized carbons (Fsp3) is 0.550. The largest absolute Gasteiger partial charge is 0.493 e. The van der Waals surface area contributed by atoms with E-state index in [0.29, 0.717) is 30.6 Å². The van der Waals surface area contributed by atoms with Gasteiger partial charge in [-0.3, -0.25) is 4.79 Å². The molecule has 2 aromatic rings. The first-order chi connectivity index (χ1) is 14.1. The SMILES string of the molecule is CCCc1c(OCCCC(=O)NC(C(=O)O)C(C)C)ccc2c(C(F)(F)F)noc12. The molecule has 1 aromatic carbocycles. The number of fused-ring (bicyclic) bond motifs is 1. The van der Waals surface area contributed by atoms with Crippen molar-refractivity contribution in [3.8, 4) is 5.75 Å². The van der Waals surface area contributed by atoms with Gasteiger partial charge in [-0.1, -0.05) is 32.3 Å². The van der Waals surface area contributed by atoms with Crippen molar-refractivity contribution in [2.24, 2.45) is 5.92 Å². The summed E-state index contributed by atoms with van der Waals surface area (Å²) in [7, 11) is 0. The molecule has 0 bridgehead atoms. The molecule has 0 spiro atoms. The number of amides is 1. The Hall–Kier alpha value is -2.78. The number of nitrogens with zero attached hydrogens (tertiary/aromatic N) is 1. The fourth-order valence-corrected chi connectivity index (χ4v) is 3.04. The van der Waals surface area contributed by atoms with E-state index in [0.717, 1.165) is 0 Å². The van der Waals surface area contributed by atoms with Gasteiger partial charge in [0.25, 0.3) is 0 Å². The van der Waals surface area contributed by atoms with Crippen LogP contribution in [0.5, 0.6) is 5.75 Å². The molecule has 0 aliphatic rings. The summed E-state index contributed by atoms with van der Waals surface area (Å²) in [4.78, 5) is 23.1. The van der Waals surface area contributed by atoms with Crippen LogP contribution in [0.3, 0.4) is 0 Å². The molecule has 30 heavy (non-hydrogen) atoms. The minimum atomic E-state index is -4.62. The van der Waals surface area contributed by atoms with Gasteiger partial charge in [0.2, 0.25) is 5.91 Å². The van der Waals surface area contributed by atoms with E-state index in [-0.39, 0.29) is 29.9 Å². The molecule has 0 aliphatic heterocycles. The summed E-state index contributed by atoms with van der Waals surface area (Å²) < 4.78 is 49.8. The number of carboxylic acid groups (broad SMARTS) is 1. The van der Waals surface area contributed by atoms with Crippen molar-refractivity contribution in [2.75, 3.05) is 6.61 Å². The van der Waals surface area contributed by atoms with Gasteiger partial charge in [0.15, 0.2) is 11.3 Å². The van der Waals surface area contributed by atoms with Crippen LogP contribution in [0, 0.1) is 5.92 Å². The maximum Gasteiger partial charge on any atom is 0.437 e. The lowest BCUT2D eigenvalue weighted by molar-refractivity contribution is -0.143. The summed E-state index contributed by atoms with van der Waals surface area (Å²) in [5, 5.41) is 14.6. The third kappa shape index (κ3) is 5.64. The van der Waals surface area contributed by atoms with Crippen LogP contribution in [0.4, 0.5) is 13.2 Å². The van der Waals surface area contributed by atoms with Crippen LogP contribution < -0.4 is 10.1 Å². The normalized spacial score (nSPS) is 12.9. The number of nitrogens with one attached hydrogen (secondary N) is 1. The lowest BCUT2D eigenvalue weighted by Gasteiger charge is -2.18. The van der Waals surface area contributed by atoms with Gasteiger partial charge in [-0.2, -0.15) is 13.2 Å². The Morgan fingerprint density at radius 3 is 2.57 bits per heavy atom. The maximum absolute atomic E-state index is 13.1. The molecule has 0 fully saturated rings. The number of aromatic nitrogens is 1. The third-order valence-corrected chi connectivity index (χ3v) is 4.52. The summed E-state index contributed by atoms with van der Waals surface area (Å²) in [6.07, 6.45) is -3.15. The molecule has 0 saturated carbocycles. The molecule has 10 heteroatoms. The molecule has 1 heterocycles. The number of rotatable bonds is 10. The van der Waals surface area contributed by atoms with Gasteiger partial charge in [-0.15, -0.1) is 0 Å². The number of halogens is 3. The van der Waals surface area contributed by atoms with Gasteiger partial charge in [0.1, 0.15) is 11.8 Å². The second-order valence-electron chi connectivity index (χ2n) is 7.28. The Labute approximate surface area is 171 Å². The van der Waals surface area contributed by atoms with Crippen molar-refractivity contribution in [1.82, 2.24) is 10.5 Å². The molecule has 1 amide bonds. The van der Waals surface area contributed by atoms with Gasteiger partial charge in [0, 0.05) is 12.0 Å². The van der Waals surface area contributed by atoms with Crippen molar-refractivity contribution >= 4 is 22.8 Å². The van der Waals surface area contributed by atoms with Crippen molar-refractivity contribution in [1.29, 1.82) is 0 Å². The first kappa shape index (κ1) is 23.5. The second-order valence-corrected chi connectivity index (χ2v) is 7.28. The highest BCUT2D eigenvalue weighted by Gasteiger charge is 2.37. The number of aliphatic carboxylic acids is 1. The smallest absolute Gasteiger partial charge is 0.437 e. The van der Waals surface area contributed by atoms with E-state index < -0.39 is 29.8 Å². The highest BCUT2D eigenvalue weighted by Crippen LogP contribution is 2.38. The van der Waals surface area contributed by atoms with Crippen molar-refractivity contribution in [3.05, 3.63) is 23.4 Å². The second kappa shape index (κ2) is 9.82. The number of aryl methyl sites for hydroxylation is 1. The van der Waals surface area contributed by atoms with Gasteiger partial charge in [-0.25, -0.2) is 4.79 Å². The molecular weight excluding hydrogens is 405 g/mol. The van der Waals surface area contributed by atoms with Crippen LogP contribution in [0.1, 0.15) is 51.3 Å². The van der Waals surface area contributed by atoms with E-state index in [9.17, 15) is 22.8 Å². The summed E-state index contributed by atoms with van der Waals surface area (Å²) in [5.41, 5.74) is -0.537. The number of benzene rings is 1. The lowest BCUT2D eigenvalue weighted by atomic mass is 10.0. The maximum atomic E-state index is 13.1. The van der Waals surface area contributed by atoms with Gasteiger partial charge in [-0.05, 0) is 30.9 Å². The Kier molecular flexibility index (Phi) is 7.69. The van der Waals surface area contributed by atoms with E-state index in [1.54, 1.807) is 13.8 Å². The Morgan fingerprint density at radius 1 is 1.30 bits per heavy atom. The predicted molar refractivity (Wildman–Crippen MR) is 102 cm³/mol. The zero-order chi connectivity index (χ0) is 22.5. The number of carboxylic acids is 1.